The van der Waals surface area contributed by atoms with E-state index < -0.39 is 11.6 Å². The smallest absolute Gasteiger partial charge is 0.161 e. The number of rotatable bonds is 3. The molecule has 1 aliphatic heterocycles. The van der Waals surface area contributed by atoms with Crippen molar-refractivity contribution in [2.24, 2.45) is 0 Å². The van der Waals surface area contributed by atoms with E-state index in [-0.39, 0.29) is 17.2 Å². The van der Waals surface area contributed by atoms with E-state index in [0.29, 0.717) is 17.9 Å². The van der Waals surface area contributed by atoms with Crippen molar-refractivity contribution in [3.8, 4) is 11.5 Å². The van der Waals surface area contributed by atoms with E-state index in [1.165, 1.54) is 0 Å². The predicted octanol–water partition coefficient (Wildman–Crippen LogP) is 1.53. The summed E-state index contributed by atoms with van der Waals surface area (Å²) in [5, 5.41) is 0. The molecule has 1 saturated carbocycles. The average Bonchev–Trinajstić information content (AvgIpc) is 2.89. The summed E-state index contributed by atoms with van der Waals surface area (Å²) in [5.74, 6) is 0.266. The molecule has 3 rings (SSSR count). The van der Waals surface area contributed by atoms with Gasteiger partial charge in [0.25, 0.3) is 0 Å². The molecule has 2 aliphatic rings. The van der Waals surface area contributed by atoms with Gasteiger partial charge in [0, 0.05) is 11.5 Å². The number of carbonyl (C=O) groups excluding carboxylic acids is 1. The maximum Gasteiger partial charge on any atom is 0.161 e. The van der Waals surface area contributed by atoms with Crippen LogP contribution in [0.2, 0.25) is 11.6 Å². The van der Waals surface area contributed by atoms with Crippen molar-refractivity contribution >= 4 is 21.5 Å². The van der Waals surface area contributed by atoms with Crippen molar-refractivity contribution in [3.63, 3.8) is 0 Å². The molecule has 1 saturated heterocycles. The fourth-order valence-electron chi connectivity index (χ4n) is 4.40. The van der Waals surface area contributed by atoms with Crippen LogP contribution in [0.3, 0.4) is 0 Å². The number of methoxy groups -OCH3 is 2. The van der Waals surface area contributed by atoms with Crippen molar-refractivity contribution in [2.45, 2.75) is 35.9 Å². The number of ketones is 1. The Morgan fingerprint density at radius 1 is 1.22 bits per heavy atom. The van der Waals surface area contributed by atoms with Gasteiger partial charge >= 0.3 is 0 Å². The lowest BCUT2D eigenvalue weighted by Crippen LogP contribution is -2.52. The minimum absolute atomic E-state index is 0.0344. The molecule has 0 aromatic heterocycles. The Morgan fingerprint density at radius 2 is 1.91 bits per heavy atom. The molecule has 1 aliphatic carbocycles. The van der Waals surface area contributed by atoms with Crippen LogP contribution in [0.1, 0.15) is 18.4 Å². The van der Waals surface area contributed by atoms with Gasteiger partial charge in [-0.15, -0.1) is 0 Å². The van der Waals surface area contributed by atoms with Gasteiger partial charge in [-0.2, -0.15) is 0 Å². The predicted molar refractivity (Wildman–Crippen MR) is 90.9 cm³/mol. The van der Waals surface area contributed by atoms with Gasteiger partial charge in [-0.1, -0.05) is 6.07 Å². The number of nitrogens with zero attached hydrogens (tertiary/aromatic N) is 1. The molecule has 1 heterocycles. The Labute approximate surface area is 140 Å². The summed E-state index contributed by atoms with van der Waals surface area (Å²) in [7, 11) is 17.6. The third kappa shape index (κ3) is 2.38. The molecule has 23 heavy (non-hydrogen) atoms. The second-order valence-corrected chi connectivity index (χ2v) is 6.64. The maximum absolute atomic E-state index is 12.3. The normalized spacial score (nSPS) is 34.2. The average molecular weight is 309 g/mol. The van der Waals surface area contributed by atoms with Gasteiger partial charge in [-0.3, -0.25) is 0 Å². The maximum atomic E-state index is 12.3. The van der Waals surface area contributed by atoms with Crippen LogP contribution in [-0.2, 0) is 10.2 Å². The number of hydrogen-bond donors (Lipinski definition) is 0. The number of likely N-dealkylation sites (N-methyl/N-ethyl adjacent to an activating group) is 1. The number of hydrogen-bond acceptors (Lipinski definition) is 4. The van der Waals surface area contributed by atoms with Crippen LogP contribution in [0, 0.1) is 0 Å². The summed E-state index contributed by atoms with van der Waals surface area (Å²) in [6, 6.07) is 5.92. The first kappa shape index (κ1) is 16.4. The Bertz CT molecular complexity index is 624. The molecule has 1 aromatic carbocycles. The first-order valence-corrected chi connectivity index (χ1v) is 7.92. The van der Waals surface area contributed by atoms with Gasteiger partial charge in [-0.25, -0.2) is 0 Å². The lowest BCUT2D eigenvalue weighted by atomic mass is 9.51. The van der Waals surface area contributed by atoms with Crippen LogP contribution < -0.4 is 9.47 Å². The van der Waals surface area contributed by atoms with Gasteiger partial charge in [-0.05, 0) is 55.8 Å². The SMILES string of the molecule is [B]C1C[C@@]2(c3ccc(OC)c(OC)c3)CCN(C)C2C([B])C1=O. The summed E-state index contributed by atoms with van der Waals surface area (Å²) < 4.78 is 10.8. The lowest BCUT2D eigenvalue weighted by molar-refractivity contribution is -0.122. The molecule has 4 atom stereocenters. The minimum Gasteiger partial charge on any atom is -0.493 e. The fourth-order valence-corrected chi connectivity index (χ4v) is 4.40. The Hall–Kier alpha value is -1.42. The van der Waals surface area contributed by atoms with Gasteiger partial charge in [0.05, 0.1) is 29.9 Å². The van der Waals surface area contributed by atoms with Crippen molar-refractivity contribution in [1.29, 1.82) is 0 Å². The van der Waals surface area contributed by atoms with Gasteiger partial charge in [0.2, 0.25) is 0 Å². The van der Waals surface area contributed by atoms with Gasteiger partial charge in [0.1, 0.15) is 5.78 Å². The second kappa shape index (κ2) is 5.90. The zero-order valence-corrected chi connectivity index (χ0v) is 13.9. The zero-order chi connectivity index (χ0) is 16.8. The van der Waals surface area contributed by atoms with Crippen LogP contribution >= 0.6 is 0 Å². The van der Waals surface area contributed by atoms with Crippen LogP contribution in [0.15, 0.2) is 18.2 Å². The molecule has 2 fully saturated rings. The van der Waals surface area contributed by atoms with Crippen LogP contribution in [0.25, 0.3) is 0 Å². The van der Waals surface area contributed by atoms with E-state index in [9.17, 15) is 4.79 Å². The number of carbonyl (C=O) groups is 1. The first-order valence-electron chi connectivity index (χ1n) is 7.92. The number of fused-ring (bicyclic) bond motifs is 1. The Balaban J connectivity index is 2.10. The third-order valence-electron chi connectivity index (χ3n) is 5.53. The van der Waals surface area contributed by atoms with E-state index >= 15 is 0 Å². The Morgan fingerprint density at radius 3 is 2.57 bits per heavy atom. The first-order chi connectivity index (χ1) is 10.9. The molecule has 0 N–H and O–H groups in total. The zero-order valence-electron chi connectivity index (χ0n) is 13.9. The molecule has 6 heteroatoms. The van der Waals surface area contributed by atoms with Crippen molar-refractivity contribution in [3.05, 3.63) is 23.8 Å². The number of ether oxygens (including phenoxy) is 2. The van der Waals surface area contributed by atoms with E-state index in [2.05, 4.69) is 4.90 Å². The van der Waals surface area contributed by atoms with Crippen LogP contribution in [-0.4, -0.2) is 60.2 Å². The van der Waals surface area contributed by atoms with Crippen molar-refractivity contribution in [2.75, 3.05) is 27.8 Å². The summed E-state index contributed by atoms with van der Waals surface area (Å²) in [5.41, 5.74) is 0.893. The summed E-state index contributed by atoms with van der Waals surface area (Å²) >= 11 is 0. The fraction of sp³-hybridized carbons (Fsp3) is 0.588. The molecule has 1 aromatic rings. The van der Waals surface area contributed by atoms with E-state index in [1.807, 2.05) is 25.2 Å². The van der Waals surface area contributed by atoms with Crippen molar-refractivity contribution < 1.29 is 14.3 Å². The molecule has 0 spiro atoms. The molecular weight excluding hydrogens is 288 g/mol. The second-order valence-electron chi connectivity index (χ2n) is 6.64. The highest BCUT2D eigenvalue weighted by molar-refractivity contribution is 6.34. The highest BCUT2D eigenvalue weighted by Crippen LogP contribution is 2.54. The van der Waals surface area contributed by atoms with Crippen LogP contribution in [0.5, 0.6) is 11.5 Å². The minimum atomic E-state index is -0.556. The highest BCUT2D eigenvalue weighted by Gasteiger charge is 2.55. The molecule has 0 amide bonds. The molecule has 3 unspecified atom stereocenters. The monoisotopic (exact) mass is 309 g/mol. The summed E-state index contributed by atoms with van der Waals surface area (Å²) in [6.45, 7) is 0.896. The molecule has 0 bridgehead atoms. The number of benzene rings is 1. The Kier molecular flexibility index (Phi) is 4.21. The molecular formula is C17H21B2NO3. The summed E-state index contributed by atoms with van der Waals surface area (Å²) in [4.78, 5) is 14.5. The largest absolute Gasteiger partial charge is 0.493 e. The molecule has 4 nitrogen and oxygen atoms in total. The van der Waals surface area contributed by atoms with Gasteiger partial charge < -0.3 is 19.2 Å². The molecule has 4 radical (unpaired) electrons. The van der Waals surface area contributed by atoms with E-state index in [0.717, 1.165) is 18.5 Å². The lowest BCUT2D eigenvalue weighted by Gasteiger charge is -2.47. The van der Waals surface area contributed by atoms with Crippen molar-refractivity contribution in [1.82, 2.24) is 4.90 Å². The number of likely N-dealkylation sites (tertiary alicyclic amines) is 1. The number of Topliss-reactive ketones (excluding diaryl/α,β-unsaturated/α-hetero) is 1. The van der Waals surface area contributed by atoms with E-state index in [4.69, 9.17) is 25.2 Å². The molecule has 118 valence electrons. The quantitative estimate of drug-likeness (QED) is 0.794. The van der Waals surface area contributed by atoms with Crippen LogP contribution in [0.4, 0.5) is 0 Å². The third-order valence-corrected chi connectivity index (χ3v) is 5.53. The summed E-state index contributed by atoms with van der Waals surface area (Å²) in [6.07, 6.45) is 1.54. The van der Waals surface area contributed by atoms with Gasteiger partial charge in [0.15, 0.2) is 11.5 Å². The van der Waals surface area contributed by atoms with E-state index in [1.54, 1.807) is 14.2 Å². The standard InChI is InChI=1S/C17H21B2NO3/c1-20-7-6-17(9-11(18)15(21)14(19)16(17)20)10-4-5-12(22-2)13(8-10)23-3/h4-5,8,11,14,16H,6-7,9H2,1-3H3/t11?,14?,16?,17-/m1/s1. The highest BCUT2D eigenvalue weighted by atomic mass is 16.5. The topological polar surface area (TPSA) is 38.8 Å².